The Balaban J connectivity index is 1.58. The zero-order valence-electron chi connectivity index (χ0n) is 12.3. The van der Waals surface area contributed by atoms with Crippen LogP contribution in [-0.2, 0) is 4.79 Å². The molecular formula is C15H21ClN4O. The molecule has 5 nitrogen and oxygen atoms in total. The van der Waals surface area contributed by atoms with Crippen LogP contribution < -0.4 is 5.32 Å². The third-order valence-electron chi connectivity index (χ3n) is 4.36. The highest BCUT2D eigenvalue weighted by Crippen LogP contribution is 2.28. The highest BCUT2D eigenvalue weighted by molar-refractivity contribution is 6.29. The molecule has 1 aromatic rings. The average molecular weight is 309 g/mol. The summed E-state index contributed by atoms with van der Waals surface area (Å²) in [6.45, 7) is 3.42. The van der Waals surface area contributed by atoms with E-state index in [9.17, 15) is 4.79 Å². The first-order valence-corrected chi connectivity index (χ1v) is 8.06. The first-order chi connectivity index (χ1) is 10.1. The first-order valence-electron chi connectivity index (χ1n) is 7.68. The van der Waals surface area contributed by atoms with E-state index in [1.807, 2.05) is 11.8 Å². The number of nitrogens with zero attached hydrogens (tertiary/aromatic N) is 3. The van der Waals surface area contributed by atoms with Crippen molar-refractivity contribution < 1.29 is 4.79 Å². The van der Waals surface area contributed by atoms with Crippen LogP contribution in [0, 0.1) is 12.8 Å². The zero-order valence-corrected chi connectivity index (χ0v) is 13.1. The van der Waals surface area contributed by atoms with Crippen molar-refractivity contribution in [2.24, 2.45) is 5.92 Å². The van der Waals surface area contributed by atoms with Crippen LogP contribution in [0.4, 0.5) is 5.82 Å². The zero-order chi connectivity index (χ0) is 14.8. The van der Waals surface area contributed by atoms with Crippen molar-refractivity contribution in [2.45, 2.75) is 45.1 Å². The van der Waals surface area contributed by atoms with E-state index in [0.29, 0.717) is 16.9 Å². The Morgan fingerprint density at radius 3 is 2.81 bits per heavy atom. The van der Waals surface area contributed by atoms with E-state index in [0.717, 1.165) is 38.2 Å². The van der Waals surface area contributed by atoms with E-state index < -0.39 is 0 Å². The van der Waals surface area contributed by atoms with Gasteiger partial charge in [0.2, 0.25) is 5.91 Å². The van der Waals surface area contributed by atoms with Gasteiger partial charge in [-0.3, -0.25) is 4.79 Å². The molecule has 0 bridgehead atoms. The van der Waals surface area contributed by atoms with Crippen molar-refractivity contribution in [1.29, 1.82) is 0 Å². The third-order valence-corrected chi connectivity index (χ3v) is 4.56. The molecule has 0 spiro atoms. The average Bonchev–Trinajstić information content (AvgIpc) is 3.07. The number of carbonyl (C=O) groups excluding carboxylic acids is 1. The summed E-state index contributed by atoms with van der Waals surface area (Å²) in [5, 5.41) is 3.81. The lowest BCUT2D eigenvalue weighted by Gasteiger charge is -2.20. The Hall–Kier alpha value is -1.36. The second-order valence-corrected chi connectivity index (χ2v) is 6.41. The van der Waals surface area contributed by atoms with Crippen molar-refractivity contribution in [3.63, 3.8) is 0 Å². The summed E-state index contributed by atoms with van der Waals surface area (Å²) in [5.74, 6) is 2.00. The smallest absolute Gasteiger partial charge is 0.225 e. The second kappa shape index (κ2) is 6.18. The minimum atomic E-state index is 0.251. The minimum Gasteiger partial charge on any atom is -0.365 e. The van der Waals surface area contributed by atoms with Gasteiger partial charge in [0, 0.05) is 31.1 Å². The van der Waals surface area contributed by atoms with Crippen LogP contribution >= 0.6 is 11.6 Å². The molecule has 1 aromatic heterocycles. The third kappa shape index (κ3) is 3.46. The Morgan fingerprint density at radius 1 is 1.33 bits per heavy atom. The number of aromatic nitrogens is 2. The van der Waals surface area contributed by atoms with Crippen molar-refractivity contribution in [3.05, 3.63) is 17.0 Å². The van der Waals surface area contributed by atoms with Crippen molar-refractivity contribution in [2.75, 3.05) is 18.4 Å². The number of nitrogens with one attached hydrogen (secondary N) is 1. The monoisotopic (exact) mass is 308 g/mol. The van der Waals surface area contributed by atoms with Crippen molar-refractivity contribution in [3.8, 4) is 0 Å². The predicted molar refractivity (Wildman–Crippen MR) is 82.3 cm³/mol. The largest absolute Gasteiger partial charge is 0.365 e. The van der Waals surface area contributed by atoms with Crippen LogP contribution in [0.15, 0.2) is 6.07 Å². The normalized spacial score (nSPS) is 22.8. The van der Waals surface area contributed by atoms with E-state index in [1.54, 1.807) is 6.07 Å². The van der Waals surface area contributed by atoms with E-state index in [2.05, 4.69) is 15.3 Å². The fraction of sp³-hybridized carbons (Fsp3) is 0.667. The molecule has 1 atom stereocenters. The number of carbonyl (C=O) groups is 1. The molecule has 3 rings (SSSR count). The quantitative estimate of drug-likeness (QED) is 0.872. The highest BCUT2D eigenvalue weighted by Gasteiger charge is 2.32. The fourth-order valence-corrected chi connectivity index (χ4v) is 3.55. The van der Waals surface area contributed by atoms with Gasteiger partial charge in [0.15, 0.2) is 0 Å². The number of rotatable bonds is 3. The van der Waals surface area contributed by atoms with Crippen LogP contribution in [-0.4, -0.2) is 39.9 Å². The molecule has 1 unspecified atom stereocenters. The molecule has 21 heavy (non-hydrogen) atoms. The molecule has 1 aliphatic carbocycles. The standard InChI is InChI=1S/C15H21ClN4O/c1-10-17-13(16)8-14(18-10)19-12-6-7-20(9-12)15(21)11-4-2-3-5-11/h8,11-12H,2-7,9H2,1H3,(H,17,18,19). The summed E-state index contributed by atoms with van der Waals surface area (Å²) in [6.07, 6.45) is 5.48. The van der Waals surface area contributed by atoms with Gasteiger partial charge in [-0.1, -0.05) is 24.4 Å². The summed E-state index contributed by atoms with van der Waals surface area (Å²) in [5.41, 5.74) is 0. The molecule has 1 N–H and O–H groups in total. The van der Waals surface area contributed by atoms with Crippen molar-refractivity contribution >= 4 is 23.3 Å². The summed E-state index contributed by atoms with van der Waals surface area (Å²) < 4.78 is 0. The summed E-state index contributed by atoms with van der Waals surface area (Å²) in [7, 11) is 0. The van der Waals surface area contributed by atoms with Crippen molar-refractivity contribution in [1.82, 2.24) is 14.9 Å². The maximum absolute atomic E-state index is 12.4. The lowest BCUT2D eigenvalue weighted by molar-refractivity contribution is -0.134. The molecule has 114 valence electrons. The lowest BCUT2D eigenvalue weighted by Crippen LogP contribution is -2.35. The van der Waals surface area contributed by atoms with Gasteiger partial charge in [-0.05, 0) is 26.2 Å². The van der Waals surface area contributed by atoms with Gasteiger partial charge in [-0.2, -0.15) is 0 Å². The van der Waals surface area contributed by atoms with Crippen LogP contribution in [0.3, 0.4) is 0 Å². The Morgan fingerprint density at radius 2 is 2.10 bits per heavy atom. The first kappa shape index (κ1) is 14.6. The van der Waals surface area contributed by atoms with Crippen LogP contribution in [0.5, 0.6) is 0 Å². The maximum atomic E-state index is 12.4. The van der Waals surface area contributed by atoms with Gasteiger partial charge in [0.05, 0.1) is 0 Å². The number of hydrogen-bond acceptors (Lipinski definition) is 4. The molecular weight excluding hydrogens is 288 g/mol. The van der Waals surface area contributed by atoms with Gasteiger partial charge in [0.25, 0.3) is 0 Å². The van der Waals surface area contributed by atoms with Crippen LogP contribution in [0.1, 0.15) is 37.9 Å². The Labute approximate surface area is 130 Å². The number of amides is 1. The molecule has 1 amide bonds. The van der Waals surface area contributed by atoms with Gasteiger partial charge >= 0.3 is 0 Å². The fourth-order valence-electron chi connectivity index (χ4n) is 3.32. The highest BCUT2D eigenvalue weighted by atomic mass is 35.5. The molecule has 2 heterocycles. The Kier molecular flexibility index (Phi) is 4.29. The van der Waals surface area contributed by atoms with E-state index >= 15 is 0 Å². The molecule has 0 aromatic carbocycles. The molecule has 2 aliphatic rings. The number of anilines is 1. The van der Waals surface area contributed by atoms with Gasteiger partial charge < -0.3 is 10.2 Å². The van der Waals surface area contributed by atoms with Crippen LogP contribution in [0.2, 0.25) is 5.15 Å². The Bertz CT molecular complexity index is 510. The maximum Gasteiger partial charge on any atom is 0.225 e. The SMILES string of the molecule is Cc1nc(Cl)cc(NC2CCN(C(=O)C3CCCC3)C2)n1. The molecule has 6 heteroatoms. The molecule has 0 radical (unpaired) electrons. The van der Waals surface area contributed by atoms with Gasteiger partial charge in [-0.25, -0.2) is 9.97 Å². The van der Waals surface area contributed by atoms with E-state index in [1.165, 1.54) is 12.8 Å². The number of halogens is 1. The molecule has 1 aliphatic heterocycles. The predicted octanol–water partition coefficient (Wildman–Crippen LogP) is 2.64. The molecule has 1 saturated heterocycles. The number of aryl methyl sites for hydroxylation is 1. The minimum absolute atomic E-state index is 0.251. The molecule has 2 fully saturated rings. The van der Waals surface area contributed by atoms with E-state index in [4.69, 9.17) is 11.6 Å². The van der Waals surface area contributed by atoms with E-state index in [-0.39, 0.29) is 12.0 Å². The topological polar surface area (TPSA) is 58.1 Å². The second-order valence-electron chi connectivity index (χ2n) is 6.02. The number of hydrogen-bond donors (Lipinski definition) is 1. The number of likely N-dealkylation sites (tertiary alicyclic amines) is 1. The summed E-state index contributed by atoms with van der Waals surface area (Å²) in [6, 6.07) is 1.98. The summed E-state index contributed by atoms with van der Waals surface area (Å²) in [4.78, 5) is 22.8. The van der Waals surface area contributed by atoms with Gasteiger partial charge in [0.1, 0.15) is 16.8 Å². The summed E-state index contributed by atoms with van der Waals surface area (Å²) >= 11 is 5.95. The lowest BCUT2D eigenvalue weighted by atomic mass is 10.1. The van der Waals surface area contributed by atoms with Crippen LogP contribution in [0.25, 0.3) is 0 Å². The molecule has 1 saturated carbocycles. The van der Waals surface area contributed by atoms with Gasteiger partial charge in [-0.15, -0.1) is 0 Å².